The largest absolute Gasteiger partial charge is 0.310 e. The van der Waals surface area contributed by atoms with Gasteiger partial charge in [-0.05, 0) is 108 Å². The maximum Gasteiger partial charge on any atom is 0.0467 e. The third kappa shape index (κ3) is 5.32. The fourth-order valence-electron chi connectivity index (χ4n) is 7.24. The van der Waals surface area contributed by atoms with Gasteiger partial charge in [-0.1, -0.05) is 158 Å². The molecule has 0 unspecified atom stereocenters. The lowest BCUT2D eigenvalue weighted by atomic mass is 9.90. The Morgan fingerprint density at radius 2 is 0.776 bits per heavy atom. The Hall–Kier alpha value is -6.44. The quantitative estimate of drug-likeness (QED) is 0.167. The van der Waals surface area contributed by atoms with E-state index < -0.39 is 0 Å². The van der Waals surface area contributed by atoms with Crippen LogP contribution in [0.15, 0.2) is 200 Å². The first kappa shape index (κ1) is 28.8. The van der Waals surface area contributed by atoms with Crippen LogP contribution in [0.5, 0.6) is 0 Å². The van der Waals surface area contributed by atoms with Gasteiger partial charge in [0.05, 0.1) is 0 Å². The van der Waals surface area contributed by atoms with Crippen molar-refractivity contribution in [3.8, 4) is 33.4 Å². The predicted molar refractivity (Wildman–Crippen MR) is 210 cm³/mol. The van der Waals surface area contributed by atoms with E-state index in [-0.39, 0.29) is 0 Å². The number of nitrogens with zero attached hydrogens (tertiary/aromatic N) is 1. The molecule has 0 amide bonds. The summed E-state index contributed by atoms with van der Waals surface area (Å²) in [5.41, 5.74) is 10.6. The highest BCUT2D eigenvalue weighted by molar-refractivity contribution is 6.23. The van der Waals surface area contributed by atoms with Gasteiger partial charge in [-0.25, -0.2) is 0 Å². The van der Waals surface area contributed by atoms with Crippen molar-refractivity contribution in [1.29, 1.82) is 0 Å². The van der Waals surface area contributed by atoms with Gasteiger partial charge in [0.25, 0.3) is 0 Å². The Labute approximate surface area is 287 Å². The molecular weight excluding hydrogens is 591 g/mol. The summed E-state index contributed by atoms with van der Waals surface area (Å²) in [5.74, 6) is 0. The molecule has 0 spiro atoms. The lowest BCUT2D eigenvalue weighted by molar-refractivity contribution is 1.28. The first-order chi connectivity index (χ1) is 24.3. The molecule has 49 heavy (non-hydrogen) atoms. The molecule has 0 aromatic heterocycles. The summed E-state index contributed by atoms with van der Waals surface area (Å²) in [6.07, 6.45) is 0. The van der Waals surface area contributed by atoms with Crippen LogP contribution in [0.2, 0.25) is 0 Å². The maximum absolute atomic E-state index is 2.36. The summed E-state index contributed by atoms with van der Waals surface area (Å²) in [6, 6.07) is 72.3. The fourth-order valence-corrected chi connectivity index (χ4v) is 7.24. The zero-order valence-electron chi connectivity index (χ0n) is 27.0. The molecule has 0 aliphatic carbocycles. The molecule has 1 nitrogen and oxygen atoms in total. The fraction of sp³-hybridized carbons (Fsp3) is 0. The summed E-state index contributed by atoms with van der Waals surface area (Å²) in [7, 11) is 0. The molecule has 0 aliphatic rings. The smallest absolute Gasteiger partial charge is 0.0467 e. The molecule has 9 rings (SSSR count). The number of para-hydroxylation sites is 1. The van der Waals surface area contributed by atoms with Crippen LogP contribution >= 0.6 is 0 Å². The zero-order valence-corrected chi connectivity index (χ0v) is 27.0. The first-order valence-corrected chi connectivity index (χ1v) is 16.8. The Morgan fingerprint density at radius 1 is 0.265 bits per heavy atom. The topological polar surface area (TPSA) is 3.24 Å². The van der Waals surface area contributed by atoms with Crippen molar-refractivity contribution in [3.63, 3.8) is 0 Å². The van der Waals surface area contributed by atoms with Crippen LogP contribution in [0.3, 0.4) is 0 Å². The molecule has 230 valence electrons. The standard InChI is InChI=1S/C48H33N/c1-3-12-34(13-4-1)35-22-24-36(25-23-35)39-15-11-18-43(32-39)49(41-16-5-2-6-17-41)42-30-28-38(29-31-42)47-33-40-27-26-37-14-7-8-19-44(37)48(40)46-21-10-9-20-45(46)47/h1-33H. The van der Waals surface area contributed by atoms with Crippen molar-refractivity contribution in [2.75, 3.05) is 4.90 Å². The molecule has 0 bridgehead atoms. The lowest BCUT2D eigenvalue weighted by Gasteiger charge is -2.26. The Balaban J connectivity index is 1.11. The summed E-state index contributed by atoms with van der Waals surface area (Å²) in [6.45, 7) is 0. The first-order valence-electron chi connectivity index (χ1n) is 16.8. The van der Waals surface area contributed by atoms with Gasteiger partial charge in [0.1, 0.15) is 0 Å². The monoisotopic (exact) mass is 623 g/mol. The van der Waals surface area contributed by atoms with Gasteiger partial charge >= 0.3 is 0 Å². The number of benzene rings is 9. The molecule has 0 atom stereocenters. The highest BCUT2D eigenvalue weighted by Gasteiger charge is 2.15. The number of anilines is 3. The molecule has 0 heterocycles. The molecule has 9 aromatic rings. The molecule has 0 radical (unpaired) electrons. The molecule has 0 aliphatic heterocycles. The summed E-state index contributed by atoms with van der Waals surface area (Å²) >= 11 is 0. The van der Waals surface area contributed by atoms with Gasteiger partial charge in [0, 0.05) is 17.1 Å². The normalized spacial score (nSPS) is 11.3. The van der Waals surface area contributed by atoms with Crippen molar-refractivity contribution in [3.05, 3.63) is 200 Å². The number of fused-ring (bicyclic) bond motifs is 5. The average Bonchev–Trinajstić information content (AvgIpc) is 3.19. The summed E-state index contributed by atoms with van der Waals surface area (Å²) in [4.78, 5) is 2.34. The van der Waals surface area contributed by atoms with E-state index in [1.807, 2.05) is 0 Å². The van der Waals surface area contributed by atoms with Crippen LogP contribution in [0.25, 0.3) is 65.7 Å². The van der Waals surface area contributed by atoms with Gasteiger partial charge < -0.3 is 4.90 Å². The second-order valence-corrected chi connectivity index (χ2v) is 12.6. The number of hydrogen-bond acceptors (Lipinski definition) is 1. The van der Waals surface area contributed by atoms with Crippen LogP contribution in [0, 0.1) is 0 Å². The Morgan fingerprint density at radius 3 is 1.53 bits per heavy atom. The number of rotatable bonds is 6. The Bertz CT molecular complexity index is 2570. The maximum atomic E-state index is 2.36. The van der Waals surface area contributed by atoms with E-state index in [1.54, 1.807) is 0 Å². The van der Waals surface area contributed by atoms with E-state index in [9.17, 15) is 0 Å². The SMILES string of the molecule is c1ccc(-c2ccc(-c3cccc(N(c4ccccc4)c4ccc(-c5cc6ccc7ccccc7c6c6ccccc56)cc4)c3)cc2)cc1. The van der Waals surface area contributed by atoms with Gasteiger partial charge in [0.15, 0.2) is 0 Å². The van der Waals surface area contributed by atoms with E-state index in [1.165, 1.54) is 65.7 Å². The summed E-state index contributed by atoms with van der Waals surface area (Å²) in [5, 5.41) is 7.70. The van der Waals surface area contributed by atoms with Crippen LogP contribution in [0.4, 0.5) is 17.1 Å². The molecule has 1 heteroatoms. The van der Waals surface area contributed by atoms with Crippen LogP contribution in [-0.4, -0.2) is 0 Å². The Kier molecular flexibility index (Phi) is 7.22. The molecule has 0 fully saturated rings. The molecule has 0 saturated carbocycles. The van der Waals surface area contributed by atoms with Gasteiger partial charge in [-0.2, -0.15) is 0 Å². The van der Waals surface area contributed by atoms with Crippen molar-refractivity contribution in [1.82, 2.24) is 0 Å². The van der Waals surface area contributed by atoms with Crippen LogP contribution in [-0.2, 0) is 0 Å². The minimum atomic E-state index is 1.11. The van der Waals surface area contributed by atoms with Gasteiger partial charge in [-0.15, -0.1) is 0 Å². The predicted octanol–water partition coefficient (Wildman–Crippen LogP) is 13.6. The second-order valence-electron chi connectivity index (χ2n) is 12.6. The van der Waals surface area contributed by atoms with Crippen molar-refractivity contribution < 1.29 is 0 Å². The third-order valence-corrected chi connectivity index (χ3v) is 9.63. The second kappa shape index (κ2) is 12.3. The summed E-state index contributed by atoms with van der Waals surface area (Å²) < 4.78 is 0. The van der Waals surface area contributed by atoms with Crippen LogP contribution < -0.4 is 4.90 Å². The van der Waals surface area contributed by atoms with Gasteiger partial charge in [0.2, 0.25) is 0 Å². The highest BCUT2D eigenvalue weighted by atomic mass is 15.1. The van der Waals surface area contributed by atoms with Crippen LogP contribution in [0.1, 0.15) is 0 Å². The van der Waals surface area contributed by atoms with Gasteiger partial charge in [-0.3, -0.25) is 0 Å². The minimum absolute atomic E-state index is 1.11. The molecule has 0 N–H and O–H groups in total. The minimum Gasteiger partial charge on any atom is -0.310 e. The van der Waals surface area contributed by atoms with E-state index >= 15 is 0 Å². The zero-order chi connectivity index (χ0) is 32.6. The third-order valence-electron chi connectivity index (χ3n) is 9.63. The molecular formula is C48H33N. The van der Waals surface area contributed by atoms with Crippen molar-refractivity contribution in [2.45, 2.75) is 0 Å². The average molecular weight is 624 g/mol. The van der Waals surface area contributed by atoms with Crippen molar-refractivity contribution >= 4 is 49.4 Å². The molecule has 9 aromatic carbocycles. The highest BCUT2D eigenvalue weighted by Crippen LogP contribution is 2.41. The lowest BCUT2D eigenvalue weighted by Crippen LogP contribution is -2.09. The van der Waals surface area contributed by atoms with E-state index in [0.717, 1.165) is 17.1 Å². The van der Waals surface area contributed by atoms with E-state index in [4.69, 9.17) is 0 Å². The number of hydrogen-bond donors (Lipinski definition) is 0. The molecule has 0 saturated heterocycles. The van der Waals surface area contributed by atoms with E-state index in [2.05, 4.69) is 205 Å². The van der Waals surface area contributed by atoms with E-state index in [0.29, 0.717) is 0 Å². The van der Waals surface area contributed by atoms with Crippen molar-refractivity contribution in [2.24, 2.45) is 0 Å².